The Labute approximate surface area is 103 Å². The van der Waals surface area contributed by atoms with Crippen molar-refractivity contribution in [2.75, 3.05) is 0 Å². The van der Waals surface area contributed by atoms with Crippen molar-refractivity contribution in [3.05, 3.63) is 0 Å². The van der Waals surface area contributed by atoms with Crippen LogP contribution in [-0.2, 0) is 19.2 Å². The second-order valence-corrected chi connectivity index (χ2v) is 4.06. The summed E-state index contributed by atoms with van der Waals surface area (Å²) in [5.74, 6) is -2.67. The van der Waals surface area contributed by atoms with Gasteiger partial charge in [0.15, 0.2) is 0 Å². The Bertz CT molecular complexity index is 382. The highest BCUT2D eigenvalue weighted by atomic mass is 16.4. The first-order valence-electron chi connectivity index (χ1n) is 5.51. The van der Waals surface area contributed by atoms with Crippen LogP contribution in [0.2, 0.25) is 0 Å². The smallest absolute Gasteiger partial charge is 0.326 e. The van der Waals surface area contributed by atoms with Gasteiger partial charge in [-0.15, -0.1) is 0 Å². The van der Waals surface area contributed by atoms with Crippen molar-refractivity contribution in [1.82, 2.24) is 10.6 Å². The molecule has 2 atom stereocenters. The molecule has 0 aromatic carbocycles. The Morgan fingerprint density at radius 1 is 1.50 bits per heavy atom. The van der Waals surface area contributed by atoms with Crippen LogP contribution in [0.1, 0.15) is 25.7 Å². The molecule has 0 aromatic rings. The van der Waals surface area contributed by atoms with Gasteiger partial charge in [-0.05, 0) is 12.8 Å². The first-order valence-corrected chi connectivity index (χ1v) is 5.51. The van der Waals surface area contributed by atoms with Gasteiger partial charge in [0.25, 0.3) is 0 Å². The third-order valence-corrected chi connectivity index (χ3v) is 2.61. The number of nitrogens with two attached hydrogens (primary N) is 1. The molecule has 100 valence electrons. The number of nitrogens with one attached hydrogen (secondary N) is 2. The molecule has 18 heavy (non-hydrogen) atoms. The van der Waals surface area contributed by atoms with Crippen LogP contribution in [0, 0.1) is 0 Å². The van der Waals surface area contributed by atoms with Crippen LogP contribution < -0.4 is 16.4 Å². The second-order valence-electron chi connectivity index (χ2n) is 4.06. The fourth-order valence-electron chi connectivity index (χ4n) is 1.63. The lowest BCUT2D eigenvalue weighted by atomic mass is 10.1. The average molecular weight is 257 g/mol. The molecule has 8 nitrogen and oxygen atoms in total. The van der Waals surface area contributed by atoms with Crippen molar-refractivity contribution in [2.24, 2.45) is 5.73 Å². The lowest BCUT2D eigenvalue weighted by molar-refractivity contribution is -0.142. The maximum absolute atomic E-state index is 11.6. The molecule has 0 radical (unpaired) electrons. The summed E-state index contributed by atoms with van der Waals surface area (Å²) in [4.78, 5) is 44.0. The van der Waals surface area contributed by atoms with Gasteiger partial charge in [0.2, 0.25) is 17.7 Å². The molecule has 1 aliphatic rings. The van der Waals surface area contributed by atoms with E-state index in [0.717, 1.165) is 0 Å². The van der Waals surface area contributed by atoms with E-state index in [4.69, 9.17) is 10.8 Å². The molecular weight excluding hydrogens is 242 g/mol. The van der Waals surface area contributed by atoms with Gasteiger partial charge >= 0.3 is 5.97 Å². The number of primary amides is 1. The minimum atomic E-state index is -1.24. The molecule has 0 saturated carbocycles. The van der Waals surface area contributed by atoms with Crippen LogP contribution in [0.25, 0.3) is 0 Å². The largest absolute Gasteiger partial charge is 0.480 e. The highest BCUT2D eigenvalue weighted by Crippen LogP contribution is 2.07. The lowest BCUT2D eigenvalue weighted by Crippen LogP contribution is -2.49. The summed E-state index contributed by atoms with van der Waals surface area (Å²) in [7, 11) is 0. The zero-order chi connectivity index (χ0) is 13.7. The predicted molar refractivity (Wildman–Crippen MR) is 59.2 cm³/mol. The van der Waals surface area contributed by atoms with E-state index >= 15 is 0 Å². The third kappa shape index (κ3) is 4.04. The predicted octanol–water partition coefficient (Wildman–Crippen LogP) is -1.90. The number of carboxylic acids is 1. The molecule has 1 fully saturated rings. The average Bonchev–Trinajstić information content (AvgIpc) is 2.70. The van der Waals surface area contributed by atoms with Crippen molar-refractivity contribution in [3.63, 3.8) is 0 Å². The van der Waals surface area contributed by atoms with Crippen LogP contribution in [0.3, 0.4) is 0 Å². The van der Waals surface area contributed by atoms with E-state index in [1.807, 2.05) is 0 Å². The van der Waals surface area contributed by atoms with E-state index in [9.17, 15) is 19.2 Å². The molecule has 0 aliphatic carbocycles. The summed E-state index contributed by atoms with van der Waals surface area (Å²) < 4.78 is 0. The zero-order valence-corrected chi connectivity index (χ0v) is 9.64. The van der Waals surface area contributed by atoms with E-state index in [-0.39, 0.29) is 25.2 Å². The Hall–Kier alpha value is -2.12. The standard InChI is InChI=1S/C10H15N3O5/c11-7(14)3-1-6(10(17)18)13-9(16)5-2-4-8(15)12-5/h5-6H,1-4H2,(H2,11,14)(H,12,15)(H,13,16)(H,17,18)/t5-,6-/m1/s1. The molecule has 0 aromatic heterocycles. The van der Waals surface area contributed by atoms with E-state index in [2.05, 4.69) is 10.6 Å². The summed E-state index contributed by atoms with van der Waals surface area (Å²) in [5, 5.41) is 13.6. The molecule has 5 N–H and O–H groups in total. The van der Waals surface area contributed by atoms with Gasteiger partial charge in [-0.3, -0.25) is 14.4 Å². The van der Waals surface area contributed by atoms with E-state index in [0.29, 0.717) is 6.42 Å². The monoisotopic (exact) mass is 257 g/mol. The van der Waals surface area contributed by atoms with Crippen molar-refractivity contribution in [1.29, 1.82) is 0 Å². The lowest BCUT2D eigenvalue weighted by Gasteiger charge is -2.16. The summed E-state index contributed by atoms with van der Waals surface area (Å²) in [5.41, 5.74) is 4.91. The van der Waals surface area contributed by atoms with Gasteiger partial charge in [-0.25, -0.2) is 4.79 Å². The van der Waals surface area contributed by atoms with E-state index in [1.54, 1.807) is 0 Å². The summed E-state index contributed by atoms with van der Waals surface area (Å²) in [6.07, 6.45) is 0.384. The Balaban J connectivity index is 2.49. The highest BCUT2D eigenvalue weighted by Gasteiger charge is 2.30. The minimum Gasteiger partial charge on any atom is -0.480 e. The summed E-state index contributed by atoms with van der Waals surface area (Å²) in [6, 6.07) is -1.88. The van der Waals surface area contributed by atoms with Gasteiger partial charge in [0, 0.05) is 12.8 Å². The number of aliphatic carboxylic acids is 1. The summed E-state index contributed by atoms with van der Waals surface area (Å²) in [6.45, 7) is 0. The number of carbonyl (C=O) groups excluding carboxylic acids is 3. The fraction of sp³-hybridized carbons (Fsp3) is 0.600. The first-order chi connectivity index (χ1) is 8.40. The SMILES string of the molecule is NC(=O)CC[C@@H](NC(=O)[C@H]1CCC(=O)N1)C(=O)O. The van der Waals surface area contributed by atoms with Crippen LogP contribution in [0.5, 0.6) is 0 Å². The number of hydrogen-bond donors (Lipinski definition) is 4. The maximum Gasteiger partial charge on any atom is 0.326 e. The molecule has 1 rings (SSSR count). The van der Waals surface area contributed by atoms with Gasteiger partial charge in [0.1, 0.15) is 12.1 Å². The van der Waals surface area contributed by atoms with E-state index < -0.39 is 29.9 Å². The van der Waals surface area contributed by atoms with Gasteiger partial charge in [-0.1, -0.05) is 0 Å². The zero-order valence-electron chi connectivity index (χ0n) is 9.64. The van der Waals surface area contributed by atoms with Crippen LogP contribution >= 0.6 is 0 Å². The Morgan fingerprint density at radius 2 is 2.17 bits per heavy atom. The van der Waals surface area contributed by atoms with Crippen LogP contribution in [0.15, 0.2) is 0 Å². The van der Waals surface area contributed by atoms with Crippen molar-refractivity contribution < 1.29 is 24.3 Å². The van der Waals surface area contributed by atoms with Crippen LogP contribution in [0.4, 0.5) is 0 Å². The Kier molecular flexibility index (Phi) is 4.64. The fourth-order valence-corrected chi connectivity index (χ4v) is 1.63. The summed E-state index contributed by atoms with van der Waals surface area (Å²) >= 11 is 0. The minimum absolute atomic E-state index is 0.0723. The highest BCUT2D eigenvalue weighted by molar-refractivity contribution is 5.92. The molecule has 1 aliphatic heterocycles. The van der Waals surface area contributed by atoms with Gasteiger partial charge in [0.05, 0.1) is 0 Å². The van der Waals surface area contributed by atoms with E-state index in [1.165, 1.54) is 0 Å². The normalized spacial score (nSPS) is 20.0. The maximum atomic E-state index is 11.6. The molecule has 0 unspecified atom stereocenters. The topological polar surface area (TPSA) is 139 Å². The second kappa shape index (κ2) is 5.99. The van der Waals surface area contributed by atoms with Crippen molar-refractivity contribution in [2.45, 2.75) is 37.8 Å². The third-order valence-electron chi connectivity index (χ3n) is 2.61. The molecular formula is C10H15N3O5. The molecule has 8 heteroatoms. The molecule has 1 saturated heterocycles. The number of carbonyl (C=O) groups is 4. The molecule has 3 amide bonds. The van der Waals surface area contributed by atoms with Crippen molar-refractivity contribution >= 4 is 23.7 Å². The van der Waals surface area contributed by atoms with Crippen LogP contribution in [-0.4, -0.2) is 40.9 Å². The molecule has 0 spiro atoms. The molecule has 1 heterocycles. The van der Waals surface area contributed by atoms with Gasteiger partial charge in [-0.2, -0.15) is 0 Å². The number of rotatable bonds is 6. The number of carboxylic acid groups (broad SMARTS) is 1. The number of hydrogen-bond acceptors (Lipinski definition) is 4. The first kappa shape index (κ1) is 13.9. The number of amides is 3. The quantitative estimate of drug-likeness (QED) is 0.440. The van der Waals surface area contributed by atoms with Gasteiger partial charge < -0.3 is 21.5 Å². The molecule has 0 bridgehead atoms. The Morgan fingerprint density at radius 3 is 2.61 bits per heavy atom. The van der Waals surface area contributed by atoms with Crippen molar-refractivity contribution in [3.8, 4) is 0 Å².